The molecule has 2 rings (SSSR count). The molecule has 0 saturated heterocycles. The Kier molecular flexibility index (Phi) is 4.18. The number of rotatable bonds is 3. The van der Waals surface area contributed by atoms with Gasteiger partial charge in [0.25, 0.3) is 0 Å². The van der Waals surface area contributed by atoms with Crippen molar-refractivity contribution in [1.82, 2.24) is 4.98 Å². The third kappa shape index (κ3) is 2.81. The van der Waals surface area contributed by atoms with Crippen LogP contribution in [-0.2, 0) is 4.74 Å². The van der Waals surface area contributed by atoms with Crippen molar-refractivity contribution in [2.45, 2.75) is 6.92 Å². The minimum atomic E-state index is -0.346. The number of thiazole rings is 1. The monoisotopic (exact) mass is 374 g/mol. The number of para-hydroxylation sites is 1. The highest BCUT2D eigenvalue weighted by Gasteiger charge is 2.15. The molecule has 0 amide bonds. The molecule has 18 heavy (non-hydrogen) atoms. The summed E-state index contributed by atoms with van der Waals surface area (Å²) in [4.78, 5) is 16.3. The van der Waals surface area contributed by atoms with E-state index in [2.05, 4.69) is 32.9 Å². The molecule has 4 nitrogen and oxygen atoms in total. The zero-order valence-electron chi connectivity index (χ0n) is 9.86. The van der Waals surface area contributed by atoms with Crippen molar-refractivity contribution in [3.8, 4) is 0 Å². The van der Waals surface area contributed by atoms with E-state index >= 15 is 0 Å². The number of aromatic nitrogens is 1. The average Bonchev–Trinajstić information content (AvgIpc) is 2.72. The molecule has 0 aliphatic rings. The van der Waals surface area contributed by atoms with Crippen LogP contribution in [0.2, 0.25) is 0 Å². The molecule has 0 radical (unpaired) electrons. The largest absolute Gasteiger partial charge is 0.465 e. The summed E-state index contributed by atoms with van der Waals surface area (Å²) in [5, 5.41) is 3.90. The first kappa shape index (κ1) is 13.3. The summed E-state index contributed by atoms with van der Waals surface area (Å²) in [6.07, 6.45) is 0. The van der Waals surface area contributed by atoms with Crippen LogP contribution in [0, 0.1) is 10.5 Å². The number of benzene rings is 1. The lowest BCUT2D eigenvalue weighted by molar-refractivity contribution is 0.0605. The number of nitrogens with zero attached hydrogens (tertiary/aromatic N) is 1. The van der Waals surface area contributed by atoms with E-state index in [0.29, 0.717) is 15.7 Å². The number of hydrogen-bond donors (Lipinski definition) is 1. The smallest absolute Gasteiger partial charge is 0.350 e. The fourth-order valence-electron chi connectivity index (χ4n) is 1.41. The van der Waals surface area contributed by atoms with Gasteiger partial charge >= 0.3 is 5.97 Å². The highest BCUT2D eigenvalue weighted by molar-refractivity contribution is 14.1. The summed E-state index contributed by atoms with van der Waals surface area (Å²) in [7, 11) is 1.37. The van der Waals surface area contributed by atoms with Crippen molar-refractivity contribution >= 4 is 50.7 Å². The number of halogens is 1. The highest BCUT2D eigenvalue weighted by Crippen LogP contribution is 2.28. The lowest BCUT2D eigenvalue weighted by Gasteiger charge is -2.03. The Hall–Kier alpha value is -1.15. The first-order chi connectivity index (χ1) is 8.61. The fraction of sp³-hybridized carbons (Fsp3) is 0.167. The van der Waals surface area contributed by atoms with Crippen LogP contribution in [0.5, 0.6) is 0 Å². The average molecular weight is 374 g/mol. The van der Waals surface area contributed by atoms with E-state index in [-0.39, 0.29) is 5.97 Å². The maximum Gasteiger partial charge on any atom is 0.350 e. The molecule has 0 fully saturated rings. The van der Waals surface area contributed by atoms with E-state index < -0.39 is 0 Å². The molecule has 1 N–H and O–H groups in total. The van der Waals surface area contributed by atoms with Crippen molar-refractivity contribution in [3.05, 3.63) is 38.4 Å². The van der Waals surface area contributed by atoms with Gasteiger partial charge in [0, 0.05) is 3.57 Å². The molecular weight excluding hydrogens is 363 g/mol. The maximum absolute atomic E-state index is 11.5. The number of aryl methyl sites for hydroxylation is 1. The van der Waals surface area contributed by atoms with Gasteiger partial charge in [-0.05, 0) is 41.6 Å². The van der Waals surface area contributed by atoms with Crippen LogP contribution in [0.25, 0.3) is 0 Å². The summed E-state index contributed by atoms with van der Waals surface area (Å²) in [6.45, 7) is 1.80. The molecule has 1 heterocycles. The van der Waals surface area contributed by atoms with Crippen molar-refractivity contribution in [2.75, 3.05) is 12.4 Å². The Morgan fingerprint density at radius 3 is 2.83 bits per heavy atom. The van der Waals surface area contributed by atoms with Gasteiger partial charge in [-0.25, -0.2) is 9.78 Å². The molecule has 0 bridgehead atoms. The topological polar surface area (TPSA) is 51.2 Å². The van der Waals surface area contributed by atoms with Crippen molar-refractivity contribution < 1.29 is 9.53 Å². The number of methoxy groups -OCH3 is 1. The molecule has 0 aliphatic carbocycles. The molecule has 0 aliphatic heterocycles. The molecule has 0 atom stereocenters. The molecule has 1 aromatic heterocycles. The lowest BCUT2D eigenvalue weighted by Crippen LogP contribution is -1.99. The van der Waals surface area contributed by atoms with Gasteiger partial charge in [-0.1, -0.05) is 23.5 Å². The Morgan fingerprint density at radius 2 is 2.17 bits per heavy atom. The predicted molar refractivity (Wildman–Crippen MR) is 80.6 cm³/mol. The zero-order chi connectivity index (χ0) is 13.1. The summed E-state index contributed by atoms with van der Waals surface area (Å²) in [6, 6.07) is 7.90. The summed E-state index contributed by atoms with van der Waals surface area (Å²) in [5.74, 6) is -0.346. The normalized spacial score (nSPS) is 10.2. The Balaban J connectivity index is 2.26. The SMILES string of the molecule is COC(=O)c1sc(Nc2ccccc2I)nc1C. The number of nitrogens with one attached hydrogen (secondary N) is 1. The van der Waals surface area contributed by atoms with Gasteiger partial charge in [0.15, 0.2) is 5.13 Å². The Morgan fingerprint density at radius 1 is 1.44 bits per heavy atom. The summed E-state index contributed by atoms with van der Waals surface area (Å²) < 4.78 is 5.81. The van der Waals surface area contributed by atoms with Crippen LogP contribution in [-0.4, -0.2) is 18.1 Å². The van der Waals surface area contributed by atoms with Crippen molar-refractivity contribution in [1.29, 1.82) is 0 Å². The van der Waals surface area contributed by atoms with E-state index in [4.69, 9.17) is 4.74 Å². The quantitative estimate of drug-likeness (QED) is 0.659. The first-order valence-electron chi connectivity index (χ1n) is 5.19. The van der Waals surface area contributed by atoms with E-state index in [9.17, 15) is 4.79 Å². The fourth-order valence-corrected chi connectivity index (χ4v) is 2.83. The Labute approximate surface area is 123 Å². The van der Waals surface area contributed by atoms with Crippen molar-refractivity contribution in [2.24, 2.45) is 0 Å². The third-order valence-corrected chi connectivity index (χ3v) is 4.28. The second-order valence-corrected chi connectivity index (χ2v) is 5.69. The standard InChI is InChI=1S/C12H11IN2O2S/c1-7-10(11(16)17-2)18-12(14-7)15-9-6-4-3-5-8(9)13/h3-6H,1-2H3,(H,14,15). The van der Waals surface area contributed by atoms with Crippen LogP contribution in [0.4, 0.5) is 10.8 Å². The second kappa shape index (κ2) is 5.66. The van der Waals surface area contributed by atoms with E-state index in [1.54, 1.807) is 6.92 Å². The Bertz CT molecular complexity index is 583. The van der Waals surface area contributed by atoms with Gasteiger partial charge in [-0.2, -0.15) is 0 Å². The third-order valence-electron chi connectivity index (χ3n) is 2.28. The van der Waals surface area contributed by atoms with E-state index in [1.165, 1.54) is 18.4 Å². The summed E-state index contributed by atoms with van der Waals surface area (Å²) in [5.41, 5.74) is 1.66. The molecular formula is C12H11IN2O2S. The zero-order valence-corrected chi connectivity index (χ0v) is 12.8. The first-order valence-corrected chi connectivity index (χ1v) is 7.08. The minimum Gasteiger partial charge on any atom is -0.465 e. The van der Waals surface area contributed by atoms with Crippen LogP contribution in [0.15, 0.2) is 24.3 Å². The van der Waals surface area contributed by atoms with Gasteiger partial charge in [-0.3, -0.25) is 0 Å². The van der Waals surface area contributed by atoms with Crippen LogP contribution in [0.3, 0.4) is 0 Å². The molecule has 0 unspecified atom stereocenters. The van der Waals surface area contributed by atoms with Gasteiger partial charge in [-0.15, -0.1) is 0 Å². The second-order valence-electron chi connectivity index (χ2n) is 3.53. The van der Waals surface area contributed by atoms with E-state index in [0.717, 1.165) is 9.26 Å². The number of carbonyl (C=O) groups excluding carboxylic acids is 1. The highest BCUT2D eigenvalue weighted by atomic mass is 127. The van der Waals surface area contributed by atoms with Gasteiger partial charge in [0.1, 0.15) is 4.88 Å². The molecule has 2 aromatic rings. The summed E-state index contributed by atoms with van der Waals surface area (Å²) >= 11 is 3.54. The minimum absolute atomic E-state index is 0.346. The van der Waals surface area contributed by atoms with Crippen LogP contribution >= 0.6 is 33.9 Å². The van der Waals surface area contributed by atoms with Crippen molar-refractivity contribution in [3.63, 3.8) is 0 Å². The number of hydrogen-bond acceptors (Lipinski definition) is 5. The number of ether oxygens (including phenoxy) is 1. The molecule has 0 saturated carbocycles. The molecule has 94 valence electrons. The van der Waals surface area contributed by atoms with Crippen LogP contribution < -0.4 is 5.32 Å². The van der Waals surface area contributed by atoms with E-state index in [1.807, 2.05) is 24.3 Å². The molecule has 1 aromatic carbocycles. The number of carbonyl (C=O) groups is 1. The van der Waals surface area contributed by atoms with Gasteiger partial charge < -0.3 is 10.1 Å². The number of esters is 1. The maximum atomic E-state index is 11.5. The van der Waals surface area contributed by atoms with Gasteiger partial charge in [0.2, 0.25) is 0 Å². The van der Waals surface area contributed by atoms with Crippen LogP contribution in [0.1, 0.15) is 15.4 Å². The molecule has 0 spiro atoms. The van der Waals surface area contributed by atoms with Gasteiger partial charge in [0.05, 0.1) is 18.5 Å². The number of anilines is 2. The molecule has 6 heteroatoms. The predicted octanol–water partition coefficient (Wildman–Crippen LogP) is 3.59. The lowest BCUT2D eigenvalue weighted by atomic mass is 10.3.